The van der Waals surface area contributed by atoms with Crippen molar-refractivity contribution in [2.24, 2.45) is 0 Å². The van der Waals surface area contributed by atoms with Crippen LogP contribution in [0.25, 0.3) is 0 Å². The monoisotopic (exact) mass is 272 g/mol. The van der Waals surface area contributed by atoms with E-state index in [0.29, 0.717) is 12.4 Å². The third kappa shape index (κ3) is 3.36. The predicted molar refractivity (Wildman–Crippen MR) is 72.8 cm³/mol. The van der Waals surface area contributed by atoms with Crippen molar-refractivity contribution in [1.29, 1.82) is 5.26 Å². The van der Waals surface area contributed by atoms with Crippen molar-refractivity contribution in [3.8, 4) is 6.07 Å². The van der Waals surface area contributed by atoms with E-state index in [9.17, 15) is 4.21 Å². The van der Waals surface area contributed by atoms with Gasteiger partial charge in [-0.1, -0.05) is 12.1 Å². The van der Waals surface area contributed by atoms with E-state index in [4.69, 9.17) is 5.26 Å². The molecule has 0 aliphatic carbocycles. The zero-order chi connectivity index (χ0) is 13.7. The van der Waals surface area contributed by atoms with Crippen LogP contribution in [0.15, 0.2) is 41.6 Å². The maximum atomic E-state index is 11.3. The Kier molecular flexibility index (Phi) is 4.21. The molecule has 0 fully saturated rings. The molecule has 0 saturated carbocycles. The Morgan fingerprint density at radius 3 is 2.58 bits per heavy atom. The number of aromatic nitrogens is 2. The molecule has 2 rings (SSSR count). The van der Waals surface area contributed by atoms with Crippen molar-refractivity contribution in [3.63, 3.8) is 0 Å². The number of hydrogen-bond donors (Lipinski definition) is 1. The summed E-state index contributed by atoms with van der Waals surface area (Å²) in [4.78, 5) is 8.78. The summed E-state index contributed by atoms with van der Waals surface area (Å²) < 4.78 is 11.3. The Labute approximate surface area is 113 Å². The molecule has 0 radical (unpaired) electrons. The third-order valence-corrected chi connectivity index (χ3v) is 3.46. The van der Waals surface area contributed by atoms with Gasteiger partial charge in [0.05, 0.1) is 0 Å². The van der Waals surface area contributed by atoms with E-state index in [2.05, 4.69) is 15.3 Å². The molecule has 2 aromatic rings. The van der Waals surface area contributed by atoms with Gasteiger partial charge in [-0.15, -0.1) is 0 Å². The maximum absolute atomic E-state index is 11.3. The van der Waals surface area contributed by atoms with Crippen LogP contribution in [0.5, 0.6) is 0 Å². The molecule has 19 heavy (non-hydrogen) atoms. The van der Waals surface area contributed by atoms with Crippen LogP contribution in [0.2, 0.25) is 0 Å². The first kappa shape index (κ1) is 13.2. The quantitative estimate of drug-likeness (QED) is 0.916. The number of nitriles is 1. The molecule has 0 aliphatic rings. The highest BCUT2D eigenvalue weighted by Crippen LogP contribution is 2.11. The summed E-state index contributed by atoms with van der Waals surface area (Å²) in [5, 5.41) is 11.9. The van der Waals surface area contributed by atoms with E-state index < -0.39 is 10.8 Å². The summed E-state index contributed by atoms with van der Waals surface area (Å²) in [6.07, 6.45) is 4.66. The van der Waals surface area contributed by atoms with Crippen LogP contribution in [0, 0.1) is 11.3 Å². The summed E-state index contributed by atoms with van der Waals surface area (Å²) in [6.45, 7) is 0.532. The van der Waals surface area contributed by atoms with E-state index in [1.165, 1.54) is 12.4 Å². The fourth-order valence-electron chi connectivity index (χ4n) is 1.53. The number of nitrogens with one attached hydrogen (secondary N) is 1. The van der Waals surface area contributed by atoms with Crippen LogP contribution >= 0.6 is 0 Å². The van der Waals surface area contributed by atoms with Gasteiger partial charge < -0.3 is 5.32 Å². The molecule has 0 saturated heterocycles. The second-order valence-corrected chi connectivity index (χ2v) is 5.20. The molecule has 5 nitrogen and oxygen atoms in total. The zero-order valence-corrected chi connectivity index (χ0v) is 11.1. The summed E-state index contributed by atoms with van der Waals surface area (Å²) in [5.41, 5.74) is 1.29. The van der Waals surface area contributed by atoms with Crippen molar-refractivity contribution in [2.45, 2.75) is 11.4 Å². The first-order valence-corrected chi connectivity index (χ1v) is 7.14. The largest absolute Gasteiger partial charge is 0.364 e. The lowest BCUT2D eigenvalue weighted by atomic mass is 10.2. The Morgan fingerprint density at radius 2 is 1.95 bits per heavy atom. The molecule has 1 aromatic heterocycles. The molecular formula is C13H12N4OS. The van der Waals surface area contributed by atoms with Gasteiger partial charge in [-0.3, -0.25) is 4.21 Å². The third-order valence-electron chi connectivity index (χ3n) is 2.52. The Morgan fingerprint density at radius 1 is 1.26 bits per heavy atom. The van der Waals surface area contributed by atoms with Crippen LogP contribution in [0.1, 0.15) is 11.3 Å². The molecular weight excluding hydrogens is 260 g/mol. The fourth-order valence-corrected chi connectivity index (χ4v) is 2.05. The van der Waals surface area contributed by atoms with Gasteiger partial charge in [0.15, 0.2) is 11.5 Å². The molecule has 0 unspecified atom stereocenters. The Hall–Kier alpha value is -2.26. The standard InChI is InChI=1S/C13H12N4OS/c1-19(18)11-4-2-10(3-5-11)9-17-13-12(8-14)15-6-7-16-13/h2-7H,9H2,1H3,(H,16,17)/t19-/m1/s1. The zero-order valence-electron chi connectivity index (χ0n) is 10.3. The van der Waals surface area contributed by atoms with Gasteiger partial charge >= 0.3 is 0 Å². The molecule has 1 atom stereocenters. The van der Waals surface area contributed by atoms with Gasteiger partial charge in [0, 0.05) is 40.9 Å². The number of nitrogens with zero attached hydrogens (tertiary/aromatic N) is 3. The summed E-state index contributed by atoms with van der Waals surface area (Å²) >= 11 is 0. The van der Waals surface area contributed by atoms with Crippen molar-refractivity contribution in [1.82, 2.24) is 9.97 Å². The lowest BCUT2D eigenvalue weighted by Gasteiger charge is -2.06. The minimum Gasteiger partial charge on any atom is -0.364 e. The normalized spacial score (nSPS) is 11.6. The van der Waals surface area contributed by atoms with Gasteiger partial charge in [0.25, 0.3) is 0 Å². The molecule has 1 heterocycles. The smallest absolute Gasteiger partial charge is 0.182 e. The maximum Gasteiger partial charge on any atom is 0.182 e. The predicted octanol–water partition coefficient (Wildman–Crippen LogP) is 1.70. The van der Waals surface area contributed by atoms with Crippen LogP contribution in [0.3, 0.4) is 0 Å². The fraction of sp³-hybridized carbons (Fsp3) is 0.154. The average molecular weight is 272 g/mol. The molecule has 6 heteroatoms. The van der Waals surface area contributed by atoms with E-state index in [1.807, 2.05) is 30.3 Å². The molecule has 1 aromatic carbocycles. The summed E-state index contributed by atoms with van der Waals surface area (Å²) in [6, 6.07) is 9.43. The minimum atomic E-state index is -0.968. The van der Waals surface area contributed by atoms with Crippen molar-refractivity contribution >= 4 is 16.6 Å². The van der Waals surface area contributed by atoms with Gasteiger partial charge in [-0.2, -0.15) is 5.26 Å². The molecule has 0 bridgehead atoms. The number of benzene rings is 1. The first-order valence-electron chi connectivity index (χ1n) is 5.58. The lowest BCUT2D eigenvalue weighted by Crippen LogP contribution is -2.04. The van der Waals surface area contributed by atoms with Gasteiger partial charge in [0.1, 0.15) is 6.07 Å². The van der Waals surface area contributed by atoms with Crippen LogP contribution < -0.4 is 5.32 Å². The Balaban J connectivity index is 2.06. The minimum absolute atomic E-state index is 0.272. The van der Waals surface area contributed by atoms with Crippen LogP contribution in [-0.4, -0.2) is 20.4 Å². The van der Waals surface area contributed by atoms with E-state index in [-0.39, 0.29) is 5.69 Å². The number of rotatable bonds is 4. The van der Waals surface area contributed by atoms with Gasteiger partial charge in [-0.25, -0.2) is 9.97 Å². The topological polar surface area (TPSA) is 78.7 Å². The van der Waals surface area contributed by atoms with Crippen molar-refractivity contribution in [3.05, 3.63) is 47.9 Å². The van der Waals surface area contributed by atoms with E-state index in [0.717, 1.165) is 10.5 Å². The highest BCUT2D eigenvalue weighted by molar-refractivity contribution is 7.84. The first-order chi connectivity index (χ1) is 9.20. The molecule has 1 N–H and O–H groups in total. The van der Waals surface area contributed by atoms with Crippen LogP contribution in [-0.2, 0) is 17.3 Å². The molecule has 0 amide bonds. The molecule has 0 aliphatic heterocycles. The SMILES string of the molecule is C[S@@](=O)c1ccc(CNc2nccnc2C#N)cc1. The van der Waals surface area contributed by atoms with Gasteiger partial charge in [0.2, 0.25) is 0 Å². The number of hydrogen-bond acceptors (Lipinski definition) is 5. The second kappa shape index (κ2) is 6.07. The van der Waals surface area contributed by atoms with Crippen molar-refractivity contribution in [2.75, 3.05) is 11.6 Å². The Bertz CT molecular complexity index is 634. The highest BCUT2D eigenvalue weighted by Gasteiger charge is 2.03. The molecule has 0 spiro atoms. The average Bonchev–Trinajstić information content (AvgIpc) is 2.45. The lowest BCUT2D eigenvalue weighted by molar-refractivity contribution is 0.687. The highest BCUT2D eigenvalue weighted by atomic mass is 32.2. The van der Waals surface area contributed by atoms with E-state index >= 15 is 0 Å². The van der Waals surface area contributed by atoms with Crippen LogP contribution in [0.4, 0.5) is 5.82 Å². The summed E-state index contributed by atoms with van der Waals surface area (Å²) in [5.74, 6) is 0.466. The van der Waals surface area contributed by atoms with E-state index in [1.54, 1.807) is 6.26 Å². The second-order valence-electron chi connectivity index (χ2n) is 3.82. The van der Waals surface area contributed by atoms with Crippen molar-refractivity contribution < 1.29 is 4.21 Å². The summed E-state index contributed by atoms with van der Waals surface area (Å²) in [7, 11) is -0.968. The number of anilines is 1. The molecule has 96 valence electrons. The van der Waals surface area contributed by atoms with Gasteiger partial charge in [-0.05, 0) is 17.7 Å².